The summed E-state index contributed by atoms with van der Waals surface area (Å²) in [6.45, 7) is 3.76. The van der Waals surface area contributed by atoms with Crippen LogP contribution < -0.4 is 4.74 Å². The maximum atomic E-state index is 12.5. The quantitative estimate of drug-likeness (QED) is 0.805. The fourth-order valence-electron chi connectivity index (χ4n) is 4.70. The van der Waals surface area contributed by atoms with Gasteiger partial charge in [0.05, 0.1) is 18.2 Å². The third-order valence-corrected chi connectivity index (χ3v) is 6.03. The number of para-hydroxylation sites is 1. The smallest absolute Gasteiger partial charge is 0.329 e. The van der Waals surface area contributed by atoms with E-state index in [4.69, 9.17) is 19.3 Å². The number of benzene rings is 1. The molecule has 1 aromatic carbocycles. The summed E-state index contributed by atoms with van der Waals surface area (Å²) in [7, 11) is 0. The van der Waals surface area contributed by atoms with E-state index >= 15 is 0 Å². The lowest BCUT2D eigenvalue weighted by molar-refractivity contribution is -0.169. The Kier molecular flexibility index (Phi) is 4.71. The van der Waals surface area contributed by atoms with Crippen molar-refractivity contribution >= 4 is 11.9 Å². The highest BCUT2D eigenvalue weighted by atomic mass is 16.5. The van der Waals surface area contributed by atoms with Crippen molar-refractivity contribution in [3.63, 3.8) is 0 Å². The summed E-state index contributed by atoms with van der Waals surface area (Å²) in [4.78, 5) is 24.9. The van der Waals surface area contributed by atoms with Gasteiger partial charge in [-0.05, 0) is 32.8 Å². The fraction of sp³-hybridized carbons (Fsp3) is 0.600. The van der Waals surface area contributed by atoms with Gasteiger partial charge in [-0.1, -0.05) is 12.1 Å². The first-order chi connectivity index (χ1) is 13.3. The number of rotatable bonds is 4. The molecule has 8 nitrogen and oxygen atoms in total. The Morgan fingerprint density at radius 1 is 1.32 bits per heavy atom. The van der Waals surface area contributed by atoms with Gasteiger partial charge in [0.1, 0.15) is 18.8 Å². The number of carbonyl (C=O) groups excluding carboxylic acids is 1. The predicted molar refractivity (Wildman–Crippen MR) is 97.1 cm³/mol. The van der Waals surface area contributed by atoms with E-state index in [0.29, 0.717) is 25.1 Å². The fourth-order valence-corrected chi connectivity index (χ4v) is 4.70. The number of aromatic hydroxyl groups is 1. The highest BCUT2D eigenvalue weighted by Gasteiger charge is 2.54. The van der Waals surface area contributed by atoms with E-state index in [9.17, 15) is 14.7 Å². The average Bonchev–Trinajstić information content (AvgIpc) is 3.04. The van der Waals surface area contributed by atoms with Gasteiger partial charge in [-0.15, -0.1) is 0 Å². The molecule has 28 heavy (non-hydrogen) atoms. The molecule has 0 unspecified atom stereocenters. The van der Waals surface area contributed by atoms with E-state index in [2.05, 4.69) is 0 Å². The maximum Gasteiger partial charge on any atom is 0.329 e. The minimum Gasteiger partial charge on any atom is -0.504 e. The van der Waals surface area contributed by atoms with Gasteiger partial charge in [0.2, 0.25) is 5.91 Å². The standard InChI is InChI=1S/C20H25NO7/c1-20(2)12-8-13-15(6-7-21(13)16(23)9-26-10-17(24)25)27-18(12)11-4-3-5-14(22)19(11)28-20/h3-5,12-13,15,18,22H,6-10H2,1-2H3,(H,24,25)/t12-,13-,15-,18+/m0/s1. The monoisotopic (exact) mass is 391 g/mol. The molecule has 0 spiro atoms. The van der Waals surface area contributed by atoms with Gasteiger partial charge in [0, 0.05) is 18.0 Å². The molecule has 0 saturated carbocycles. The number of ether oxygens (including phenoxy) is 3. The van der Waals surface area contributed by atoms with E-state index in [-0.39, 0.29) is 42.4 Å². The van der Waals surface area contributed by atoms with Crippen molar-refractivity contribution < 1.29 is 34.0 Å². The van der Waals surface area contributed by atoms with E-state index < -0.39 is 18.2 Å². The number of phenolic OH excluding ortho intramolecular Hbond substituents is 1. The predicted octanol–water partition coefficient (Wildman–Crippen LogP) is 1.71. The van der Waals surface area contributed by atoms with Gasteiger partial charge < -0.3 is 29.3 Å². The zero-order chi connectivity index (χ0) is 20.1. The topological polar surface area (TPSA) is 106 Å². The zero-order valence-corrected chi connectivity index (χ0v) is 16.0. The van der Waals surface area contributed by atoms with Crippen LogP contribution in [0, 0.1) is 5.92 Å². The molecule has 1 amide bonds. The third-order valence-electron chi connectivity index (χ3n) is 6.03. The van der Waals surface area contributed by atoms with E-state index in [1.54, 1.807) is 17.0 Å². The Labute approximate surface area is 163 Å². The van der Waals surface area contributed by atoms with Crippen LogP contribution in [-0.2, 0) is 19.1 Å². The molecule has 3 aliphatic rings. The molecular weight excluding hydrogens is 366 g/mol. The van der Waals surface area contributed by atoms with E-state index in [1.807, 2.05) is 19.9 Å². The highest BCUT2D eigenvalue weighted by molar-refractivity contribution is 5.78. The molecule has 8 heteroatoms. The third kappa shape index (κ3) is 3.20. The number of hydrogen-bond donors (Lipinski definition) is 2. The van der Waals surface area contributed by atoms with Crippen molar-refractivity contribution in [1.82, 2.24) is 4.90 Å². The van der Waals surface area contributed by atoms with Crippen LogP contribution in [0.3, 0.4) is 0 Å². The van der Waals surface area contributed by atoms with Crippen LogP contribution in [-0.4, -0.2) is 64.5 Å². The summed E-state index contributed by atoms with van der Waals surface area (Å²) < 4.78 is 17.5. The minimum atomic E-state index is -1.10. The molecule has 0 aliphatic carbocycles. The molecule has 1 aromatic rings. The van der Waals surface area contributed by atoms with Crippen LogP contribution in [0.5, 0.6) is 11.5 Å². The molecule has 152 valence electrons. The lowest BCUT2D eigenvalue weighted by atomic mass is 9.74. The number of aliphatic carboxylic acids is 1. The first-order valence-electron chi connectivity index (χ1n) is 9.53. The van der Waals surface area contributed by atoms with Crippen molar-refractivity contribution in [3.8, 4) is 11.5 Å². The molecule has 4 atom stereocenters. The van der Waals surface area contributed by atoms with Crippen molar-refractivity contribution in [3.05, 3.63) is 23.8 Å². The van der Waals surface area contributed by atoms with Crippen molar-refractivity contribution in [2.75, 3.05) is 19.8 Å². The van der Waals surface area contributed by atoms with Crippen molar-refractivity contribution in [1.29, 1.82) is 0 Å². The number of carbonyl (C=O) groups is 2. The summed E-state index contributed by atoms with van der Waals surface area (Å²) in [5.41, 5.74) is 0.274. The largest absolute Gasteiger partial charge is 0.504 e. The molecule has 2 saturated heterocycles. The van der Waals surface area contributed by atoms with Crippen LogP contribution in [0.25, 0.3) is 0 Å². The molecule has 2 fully saturated rings. The van der Waals surface area contributed by atoms with Crippen molar-refractivity contribution in [2.24, 2.45) is 5.92 Å². The van der Waals surface area contributed by atoms with Crippen LogP contribution >= 0.6 is 0 Å². The summed E-state index contributed by atoms with van der Waals surface area (Å²) in [5.74, 6) is -0.729. The Hall–Kier alpha value is -2.32. The van der Waals surface area contributed by atoms with Gasteiger partial charge in [-0.3, -0.25) is 4.79 Å². The number of amides is 1. The van der Waals surface area contributed by atoms with Gasteiger partial charge in [0.15, 0.2) is 11.5 Å². The molecule has 0 bridgehead atoms. The van der Waals surface area contributed by atoms with Gasteiger partial charge in [-0.25, -0.2) is 4.79 Å². The van der Waals surface area contributed by atoms with E-state index in [1.165, 1.54) is 0 Å². The van der Waals surface area contributed by atoms with Gasteiger partial charge in [-0.2, -0.15) is 0 Å². The number of fused-ring (bicyclic) bond motifs is 4. The van der Waals surface area contributed by atoms with Gasteiger partial charge >= 0.3 is 5.97 Å². The molecule has 0 aromatic heterocycles. The Morgan fingerprint density at radius 3 is 2.86 bits per heavy atom. The average molecular weight is 391 g/mol. The number of carboxylic acid groups (broad SMARTS) is 1. The maximum absolute atomic E-state index is 12.5. The Balaban J connectivity index is 1.54. The Morgan fingerprint density at radius 2 is 2.11 bits per heavy atom. The number of carboxylic acids is 1. The second kappa shape index (κ2) is 6.93. The molecule has 3 aliphatic heterocycles. The normalized spacial score (nSPS) is 30.0. The van der Waals surface area contributed by atoms with Crippen LogP contribution in [0.2, 0.25) is 0 Å². The molecule has 0 radical (unpaired) electrons. The van der Waals surface area contributed by atoms with Crippen LogP contribution in [0.15, 0.2) is 18.2 Å². The number of hydrogen-bond acceptors (Lipinski definition) is 6. The second-order valence-electron chi connectivity index (χ2n) is 8.17. The van der Waals surface area contributed by atoms with E-state index in [0.717, 1.165) is 5.56 Å². The number of nitrogens with zero attached hydrogens (tertiary/aromatic N) is 1. The lowest BCUT2D eigenvalue weighted by Crippen LogP contribution is -2.55. The summed E-state index contributed by atoms with van der Waals surface area (Å²) in [5, 5.41) is 18.9. The number of likely N-dealkylation sites (tertiary alicyclic amines) is 1. The van der Waals surface area contributed by atoms with Crippen LogP contribution in [0.4, 0.5) is 0 Å². The van der Waals surface area contributed by atoms with Gasteiger partial charge in [0.25, 0.3) is 0 Å². The highest BCUT2D eigenvalue weighted by Crippen LogP contribution is 2.54. The minimum absolute atomic E-state index is 0.0105. The summed E-state index contributed by atoms with van der Waals surface area (Å²) in [6, 6.07) is 5.21. The first kappa shape index (κ1) is 19.0. The first-order valence-corrected chi connectivity index (χ1v) is 9.53. The molecule has 4 rings (SSSR count). The Bertz CT molecular complexity index is 793. The molecule has 2 N–H and O–H groups in total. The summed E-state index contributed by atoms with van der Waals surface area (Å²) >= 11 is 0. The zero-order valence-electron chi connectivity index (χ0n) is 16.0. The lowest BCUT2D eigenvalue weighted by Gasteiger charge is -2.50. The number of phenols is 1. The van der Waals surface area contributed by atoms with Crippen LogP contribution in [0.1, 0.15) is 38.4 Å². The van der Waals surface area contributed by atoms with Crippen molar-refractivity contribution in [2.45, 2.75) is 50.5 Å². The second-order valence-corrected chi connectivity index (χ2v) is 8.17. The molecule has 3 heterocycles. The SMILES string of the molecule is CC1(C)Oc2c(O)cccc2[C@H]2O[C@H]3CCN(C(=O)COCC(=O)O)[C@H]3C[C@@H]21. The summed E-state index contributed by atoms with van der Waals surface area (Å²) in [6.07, 6.45) is 1.12. The molecular formula is C20H25NO7.